The van der Waals surface area contributed by atoms with Gasteiger partial charge in [-0.1, -0.05) is 37.6 Å². The van der Waals surface area contributed by atoms with Crippen LogP contribution < -0.4 is 4.74 Å². The molecule has 2 atom stereocenters. The van der Waals surface area contributed by atoms with Crippen molar-refractivity contribution in [2.75, 3.05) is 13.0 Å². The first kappa shape index (κ1) is 19.5. The number of hydrogen-bond donors (Lipinski definition) is 1. The Morgan fingerprint density at radius 3 is 2.81 bits per heavy atom. The molecule has 26 heavy (non-hydrogen) atoms. The van der Waals surface area contributed by atoms with E-state index >= 15 is 0 Å². The summed E-state index contributed by atoms with van der Waals surface area (Å²) in [4.78, 5) is 0. The van der Waals surface area contributed by atoms with Gasteiger partial charge in [-0.3, -0.25) is 0 Å². The second-order valence-corrected chi connectivity index (χ2v) is 8.18. The van der Waals surface area contributed by atoms with Gasteiger partial charge in [0.05, 0.1) is 8.81 Å². The summed E-state index contributed by atoms with van der Waals surface area (Å²) >= 11 is 6.63. The number of hydrogen-bond acceptors (Lipinski definition) is 3. The van der Waals surface area contributed by atoms with Crippen molar-refractivity contribution < 1.29 is 14.4 Å². The number of ether oxygens (including phenoxy) is 1. The third-order valence-corrected chi connectivity index (χ3v) is 5.93. The van der Waals surface area contributed by atoms with Crippen molar-refractivity contribution in [2.45, 2.75) is 45.4 Å². The van der Waals surface area contributed by atoms with Crippen LogP contribution in [0, 0.1) is 0 Å². The van der Waals surface area contributed by atoms with Gasteiger partial charge >= 0.3 is 0 Å². The fourth-order valence-electron chi connectivity index (χ4n) is 3.61. The molecule has 5 heteroatoms. The molecule has 0 spiro atoms. The largest absolute Gasteiger partial charge is 0.508 e. The van der Waals surface area contributed by atoms with Gasteiger partial charge in [0.15, 0.2) is 0 Å². The van der Waals surface area contributed by atoms with Gasteiger partial charge in [-0.05, 0) is 66.1 Å². The first-order valence-corrected chi connectivity index (χ1v) is 10.6. The zero-order chi connectivity index (χ0) is 18.7. The van der Waals surface area contributed by atoms with E-state index in [-0.39, 0.29) is 11.8 Å². The molecule has 0 aliphatic heterocycles. The molecule has 2 unspecified atom stereocenters. The molecule has 2 aromatic rings. The Morgan fingerprint density at radius 1 is 1.27 bits per heavy atom. The highest BCUT2D eigenvalue weighted by Crippen LogP contribution is 2.45. The standard InChI is InChI=1S/C21H26ClO3P/c1-4-25-26-12-24-16-9-15-5-7-17(21(15)19(22)11-16)14-6-8-20(23)18(10-14)13(2)3/h6,8-11,13,17,23,26H,4-5,7,12H2,1-3H3. The lowest BCUT2D eigenvalue weighted by atomic mass is 9.89. The van der Waals surface area contributed by atoms with Gasteiger partial charge < -0.3 is 14.4 Å². The second kappa shape index (κ2) is 8.61. The fraction of sp³-hybridized carbons (Fsp3) is 0.429. The summed E-state index contributed by atoms with van der Waals surface area (Å²) in [6, 6.07) is 9.98. The minimum atomic E-state index is 0.273. The summed E-state index contributed by atoms with van der Waals surface area (Å²) in [5.74, 6) is 1.74. The van der Waals surface area contributed by atoms with E-state index in [1.165, 1.54) is 16.7 Å². The number of benzene rings is 2. The molecular formula is C21H26ClO3P. The first-order chi connectivity index (χ1) is 12.5. The molecule has 140 valence electrons. The highest BCUT2D eigenvalue weighted by Gasteiger charge is 2.28. The van der Waals surface area contributed by atoms with E-state index in [4.69, 9.17) is 20.9 Å². The number of phenols is 1. The molecule has 0 radical (unpaired) electrons. The van der Waals surface area contributed by atoms with Crippen molar-refractivity contribution in [2.24, 2.45) is 0 Å². The van der Waals surface area contributed by atoms with E-state index in [1.807, 2.05) is 25.1 Å². The van der Waals surface area contributed by atoms with Crippen molar-refractivity contribution in [1.29, 1.82) is 0 Å². The van der Waals surface area contributed by atoms with Gasteiger partial charge in [0, 0.05) is 17.5 Å². The molecule has 3 rings (SSSR count). The number of aryl methyl sites for hydroxylation is 1. The summed E-state index contributed by atoms with van der Waals surface area (Å²) in [5, 5.41) is 10.9. The molecule has 0 saturated heterocycles. The van der Waals surface area contributed by atoms with Crippen LogP contribution in [0.2, 0.25) is 5.02 Å². The van der Waals surface area contributed by atoms with Crippen molar-refractivity contribution >= 4 is 20.4 Å². The van der Waals surface area contributed by atoms with Crippen LogP contribution in [0.25, 0.3) is 0 Å². The number of rotatable bonds is 7. The smallest absolute Gasteiger partial charge is 0.129 e. The van der Waals surface area contributed by atoms with Crippen molar-refractivity contribution in [1.82, 2.24) is 0 Å². The van der Waals surface area contributed by atoms with Gasteiger partial charge in [0.1, 0.15) is 17.8 Å². The van der Waals surface area contributed by atoms with Gasteiger partial charge in [-0.25, -0.2) is 0 Å². The maximum absolute atomic E-state index is 10.1. The summed E-state index contributed by atoms with van der Waals surface area (Å²) in [7, 11) is 0.343. The van der Waals surface area contributed by atoms with E-state index in [1.54, 1.807) is 0 Å². The summed E-state index contributed by atoms with van der Waals surface area (Å²) < 4.78 is 11.1. The molecular weight excluding hydrogens is 367 g/mol. The quantitative estimate of drug-likeness (QED) is 0.449. The maximum Gasteiger partial charge on any atom is 0.129 e. The summed E-state index contributed by atoms with van der Waals surface area (Å²) in [5.41, 5.74) is 4.67. The van der Waals surface area contributed by atoms with Crippen LogP contribution in [0.1, 0.15) is 61.3 Å². The van der Waals surface area contributed by atoms with Crippen LogP contribution in [0.4, 0.5) is 0 Å². The molecule has 0 saturated carbocycles. The highest BCUT2D eigenvalue weighted by molar-refractivity contribution is 7.31. The Bertz CT molecular complexity index is 776. The van der Waals surface area contributed by atoms with Crippen molar-refractivity contribution in [3.8, 4) is 11.5 Å². The predicted molar refractivity (Wildman–Crippen MR) is 109 cm³/mol. The van der Waals surface area contributed by atoms with E-state index in [2.05, 4.69) is 26.0 Å². The topological polar surface area (TPSA) is 38.7 Å². The molecule has 0 bridgehead atoms. The molecule has 0 fully saturated rings. The van der Waals surface area contributed by atoms with Crippen molar-refractivity contribution in [3.63, 3.8) is 0 Å². The SMILES string of the molecule is CCOPCOc1cc(Cl)c2c(c1)CCC2c1ccc(O)c(C(C)C)c1. The molecule has 1 aliphatic carbocycles. The Hall–Kier alpha value is -1.28. The Morgan fingerprint density at radius 2 is 2.08 bits per heavy atom. The molecule has 0 heterocycles. The molecule has 0 amide bonds. The Balaban J connectivity index is 1.84. The van der Waals surface area contributed by atoms with Gasteiger partial charge in [0.25, 0.3) is 0 Å². The third kappa shape index (κ3) is 4.17. The Labute approximate surface area is 162 Å². The Kier molecular flexibility index (Phi) is 6.45. The average Bonchev–Trinajstić information content (AvgIpc) is 3.03. The average molecular weight is 393 g/mol. The van der Waals surface area contributed by atoms with E-state index in [0.29, 0.717) is 27.5 Å². The molecule has 0 aromatic heterocycles. The molecule has 1 N–H and O–H groups in total. The maximum atomic E-state index is 10.1. The van der Waals surface area contributed by atoms with E-state index in [0.717, 1.165) is 29.2 Å². The zero-order valence-corrected chi connectivity index (χ0v) is 17.3. The van der Waals surface area contributed by atoms with Gasteiger partial charge in [0.2, 0.25) is 0 Å². The molecule has 3 nitrogen and oxygen atoms in total. The molecule has 1 aliphatic rings. The third-order valence-electron chi connectivity index (χ3n) is 4.86. The van der Waals surface area contributed by atoms with Crippen LogP contribution in [0.15, 0.2) is 30.3 Å². The highest BCUT2D eigenvalue weighted by atomic mass is 35.5. The monoisotopic (exact) mass is 392 g/mol. The minimum absolute atomic E-state index is 0.273. The lowest BCUT2D eigenvalue weighted by Gasteiger charge is -2.18. The first-order valence-electron chi connectivity index (χ1n) is 9.13. The van der Waals surface area contributed by atoms with Gasteiger partial charge in [-0.2, -0.15) is 0 Å². The van der Waals surface area contributed by atoms with Crippen LogP contribution in [-0.4, -0.2) is 18.1 Å². The summed E-state index contributed by atoms with van der Waals surface area (Å²) in [6.07, 6.45) is 2.58. The normalized spacial score (nSPS) is 16.6. The van der Waals surface area contributed by atoms with Crippen LogP contribution >= 0.6 is 20.4 Å². The number of halogens is 1. The fourth-order valence-corrected chi connectivity index (χ4v) is 4.49. The number of aromatic hydroxyl groups is 1. The van der Waals surface area contributed by atoms with E-state index in [9.17, 15) is 5.11 Å². The zero-order valence-electron chi connectivity index (χ0n) is 15.5. The van der Waals surface area contributed by atoms with Gasteiger partial charge in [-0.15, -0.1) is 0 Å². The number of fused-ring (bicyclic) bond motifs is 1. The van der Waals surface area contributed by atoms with E-state index < -0.39 is 0 Å². The van der Waals surface area contributed by atoms with Crippen LogP contribution in [-0.2, 0) is 10.9 Å². The predicted octanol–water partition coefficient (Wildman–Crippen LogP) is 6.21. The second-order valence-electron chi connectivity index (χ2n) is 6.91. The van der Waals surface area contributed by atoms with Crippen molar-refractivity contribution in [3.05, 3.63) is 57.6 Å². The number of phenolic OH excluding ortho intramolecular Hbond substituents is 1. The van der Waals surface area contributed by atoms with Crippen LogP contribution in [0.3, 0.4) is 0 Å². The lowest BCUT2D eigenvalue weighted by molar-refractivity contribution is 0.342. The lowest BCUT2D eigenvalue weighted by Crippen LogP contribution is -2.00. The molecule has 2 aromatic carbocycles. The van der Waals surface area contributed by atoms with Crippen LogP contribution in [0.5, 0.6) is 11.5 Å². The summed E-state index contributed by atoms with van der Waals surface area (Å²) in [6.45, 7) is 6.88. The minimum Gasteiger partial charge on any atom is -0.508 e.